The maximum Gasteiger partial charge on any atom is 0.327 e. The Hall–Kier alpha value is -1.92. The highest BCUT2D eigenvalue weighted by atomic mass is 16.5. The largest absolute Gasteiger partial charge is 0.389 e. The molecule has 6 nitrogen and oxygen atoms in total. The lowest BCUT2D eigenvalue weighted by molar-refractivity contribution is -0.135. The van der Waals surface area contributed by atoms with E-state index in [2.05, 4.69) is 0 Å². The van der Waals surface area contributed by atoms with Gasteiger partial charge in [0.25, 0.3) is 5.91 Å². The zero-order valence-electron chi connectivity index (χ0n) is 14.7. The third kappa shape index (κ3) is 3.55. The van der Waals surface area contributed by atoms with Crippen molar-refractivity contribution in [1.29, 1.82) is 0 Å². The lowest BCUT2D eigenvalue weighted by Crippen LogP contribution is -2.49. The summed E-state index contributed by atoms with van der Waals surface area (Å²) in [6.07, 6.45) is 3.56. The summed E-state index contributed by atoms with van der Waals surface area (Å²) in [6.45, 7) is 0.463. The number of nitrogens with zero attached hydrogens (tertiary/aromatic N) is 2. The molecule has 1 aromatic rings. The van der Waals surface area contributed by atoms with Crippen molar-refractivity contribution in [3.63, 3.8) is 0 Å². The van der Waals surface area contributed by atoms with Gasteiger partial charge in [0.1, 0.15) is 5.54 Å². The lowest BCUT2D eigenvalue weighted by atomic mass is 9.81. The van der Waals surface area contributed by atoms with Gasteiger partial charge >= 0.3 is 6.03 Å². The Morgan fingerprint density at radius 1 is 1.16 bits per heavy atom. The number of amides is 3. The Balaban J connectivity index is 1.54. The number of aliphatic hydroxyl groups is 1. The second kappa shape index (κ2) is 7.54. The molecule has 1 spiro atoms. The molecule has 1 N–H and O–H groups in total. The molecule has 1 atom stereocenters. The van der Waals surface area contributed by atoms with E-state index in [-0.39, 0.29) is 25.1 Å². The van der Waals surface area contributed by atoms with Crippen LogP contribution in [0, 0.1) is 0 Å². The Labute approximate surface area is 148 Å². The van der Waals surface area contributed by atoms with E-state index in [1.165, 1.54) is 4.90 Å². The van der Waals surface area contributed by atoms with Crippen molar-refractivity contribution >= 4 is 11.9 Å². The molecule has 1 unspecified atom stereocenters. The molecule has 1 aliphatic heterocycles. The first-order valence-electron chi connectivity index (χ1n) is 8.94. The van der Waals surface area contributed by atoms with Crippen LogP contribution in [0.2, 0.25) is 0 Å². The van der Waals surface area contributed by atoms with Gasteiger partial charge in [-0.2, -0.15) is 0 Å². The average Bonchev–Trinajstić information content (AvgIpc) is 2.80. The molecule has 3 rings (SSSR count). The Kier molecular flexibility index (Phi) is 5.39. The van der Waals surface area contributed by atoms with Crippen molar-refractivity contribution in [3.05, 3.63) is 35.9 Å². The summed E-state index contributed by atoms with van der Waals surface area (Å²) < 4.78 is 5.51. The maximum atomic E-state index is 12.8. The molecule has 3 amide bonds. The molecule has 1 saturated heterocycles. The van der Waals surface area contributed by atoms with Crippen molar-refractivity contribution in [3.8, 4) is 0 Å². The SMILES string of the molecule is CN1C(=O)N(CC(O)COCc2ccccc2)C(=O)C12CCCCC2. The van der Waals surface area contributed by atoms with Crippen LogP contribution >= 0.6 is 0 Å². The minimum atomic E-state index is -0.885. The smallest absolute Gasteiger partial charge is 0.327 e. The highest BCUT2D eigenvalue weighted by Gasteiger charge is 2.55. The van der Waals surface area contributed by atoms with Gasteiger partial charge in [0.05, 0.1) is 25.9 Å². The quantitative estimate of drug-likeness (QED) is 0.802. The third-order valence-electron chi connectivity index (χ3n) is 5.30. The molecule has 25 heavy (non-hydrogen) atoms. The average molecular weight is 346 g/mol. The summed E-state index contributed by atoms with van der Waals surface area (Å²) in [5.74, 6) is -0.165. The van der Waals surface area contributed by atoms with Crippen LogP contribution in [0.1, 0.15) is 37.7 Å². The molecule has 1 saturated carbocycles. The molecular formula is C19H26N2O4. The van der Waals surface area contributed by atoms with Gasteiger partial charge in [0, 0.05) is 7.05 Å². The fourth-order valence-electron chi connectivity index (χ4n) is 3.84. The van der Waals surface area contributed by atoms with Crippen molar-refractivity contribution in [2.24, 2.45) is 0 Å². The van der Waals surface area contributed by atoms with E-state index >= 15 is 0 Å². The number of likely N-dealkylation sites (N-methyl/N-ethyl adjacent to an activating group) is 1. The van der Waals surface area contributed by atoms with Gasteiger partial charge in [-0.15, -0.1) is 0 Å². The summed E-state index contributed by atoms with van der Waals surface area (Å²) in [5, 5.41) is 10.2. The molecule has 0 aromatic heterocycles. The fraction of sp³-hybridized carbons (Fsp3) is 0.579. The number of carbonyl (C=O) groups excluding carboxylic acids is 2. The standard InChI is InChI=1S/C19H26N2O4/c1-20-18(24)21(17(23)19(20)10-6-3-7-11-19)12-16(22)14-25-13-15-8-4-2-5-9-15/h2,4-5,8-9,16,22H,3,6-7,10-14H2,1H3. The Bertz CT molecular complexity index is 613. The molecule has 136 valence electrons. The van der Waals surface area contributed by atoms with Crippen LogP contribution in [0.15, 0.2) is 30.3 Å². The molecule has 6 heteroatoms. The minimum absolute atomic E-state index is 0.0153. The number of hydrogen-bond acceptors (Lipinski definition) is 4. The minimum Gasteiger partial charge on any atom is -0.389 e. The predicted octanol–water partition coefficient (Wildman–Crippen LogP) is 2.16. The fourth-order valence-corrected chi connectivity index (χ4v) is 3.84. The number of aliphatic hydroxyl groups excluding tert-OH is 1. The van der Waals surface area contributed by atoms with Crippen LogP contribution in [0.3, 0.4) is 0 Å². The maximum absolute atomic E-state index is 12.8. The van der Waals surface area contributed by atoms with Gasteiger partial charge in [-0.25, -0.2) is 4.79 Å². The van der Waals surface area contributed by atoms with Crippen LogP contribution in [0.4, 0.5) is 4.79 Å². The zero-order valence-corrected chi connectivity index (χ0v) is 14.7. The molecule has 1 aromatic carbocycles. The number of rotatable bonds is 6. The van der Waals surface area contributed by atoms with Crippen LogP contribution in [-0.4, -0.2) is 58.7 Å². The van der Waals surface area contributed by atoms with Gasteiger partial charge in [-0.05, 0) is 18.4 Å². The monoisotopic (exact) mass is 346 g/mol. The van der Waals surface area contributed by atoms with Gasteiger partial charge < -0.3 is 14.7 Å². The van der Waals surface area contributed by atoms with E-state index in [9.17, 15) is 14.7 Å². The molecule has 2 aliphatic rings. The summed E-state index contributed by atoms with van der Waals surface area (Å²) in [7, 11) is 1.70. The first kappa shape index (κ1) is 17.9. The van der Waals surface area contributed by atoms with Crippen LogP contribution < -0.4 is 0 Å². The summed E-state index contributed by atoms with van der Waals surface area (Å²) >= 11 is 0. The number of hydrogen-bond donors (Lipinski definition) is 1. The summed E-state index contributed by atoms with van der Waals surface area (Å²) in [4.78, 5) is 28.1. The molecule has 0 radical (unpaired) electrons. The molecule has 1 heterocycles. The van der Waals surface area contributed by atoms with Crippen molar-refractivity contribution in [2.45, 2.75) is 50.4 Å². The van der Waals surface area contributed by atoms with E-state index in [0.29, 0.717) is 19.4 Å². The van der Waals surface area contributed by atoms with E-state index in [4.69, 9.17) is 4.74 Å². The van der Waals surface area contributed by atoms with Gasteiger partial charge in [0.15, 0.2) is 0 Å². The summed E-state index contributed by atoms with van der Waals surface area (Å²) in [6, 6.07) is 9.37. The van der Waals surface area contributed by atoms with Crippen molar-refractivity contribution in [2.75, 3.05) is 20.2 Å². The van der Waals surface area contributed by atoms with Crippen LogP contribution in [-0.2, 0) is 16.1 Å². The second-order valence-corrected chi connectivity index (χ2v) is 7.00. The highest BCUT2D eigenvalue weighted by molar-refractivity contribution is 6.07. The third-order valence-corrected chi connectivity index (χ3v) is 5.30. The van der Waals surface area contributed by atoms with E-state index in [1.54, 1.807) is 11.9 Å². The lowest BCUT2D eigenvalue weighted by Gasteiger charge is -2.35. The highest BCUT2D eigenvalue weighted by Crippen LogP contribution is 2.39. The molecule has 1 aliphatic carbocycles. The number of ether oxygens (including phenoxy) is 1. The van der Waals surface area contributed by atoms with Crippen LogP contribution in [0.25, 0.3) is 0 Å². The number of urea groups is 1. The van der Waals surface area contributed by atoms with E-state index in [0.717, 1.165) is 24.8 Å². The van der Waals surface area contributed by atoms with Gasteiger partial charge in [-0.1, -0.05) is 49.6 Å². The Morgan fingerprint density at radius 3 is 2.52 bits per heavy atom. The van der Waals surface area contributed by atoms with Gasteiger partial charge in [0.2, 0.25) is 0 Å². The topological polar surface area (TPSA) is 70.1 Å². The zero-order chi connectivity index (χ0) is 17.9. The number of imide groups is 1. The Morgan fingerprint density at radius 2 is 1.84 bits per heavy atom. The van der Waals surface area contributed by atoms with E-state index in [1.807, 2.05) is 30.3 Å². The van der Waals surface area contributed by atoms with Gasteiger partial charge in [-0.3, -0.25) is 9.69 Å². The number of β-amino-alcohol motifs (C(OH)–C–C–N with tert-alkyl or cyclic N) is 1. The first-order chi connectivity index (χ1) is 12.0. The van der Waals surface area contributed by atoms with E-state index < -0.39 is 11.6 Å². The van der Waals surface area contributed by atoms with Crippen molar-refractivity contribution < 1.29 is 19.4 Å². The summed E-state index contributed by atoms with van der Waals surface area (Å²) in [5.41, 5.74) is 0.323. The first-order valence-corrected chi connectivity index (χ1v) is 8.94. The number of benzene rings is 1. The molecular weight excluding hydrogens is 320 g/mol. The molecule has 2 fully saturated rings. The predicted molar refractivity (Wildman–Crippen MR) is 92.8 cm³/mol. The van der Waals surface area contributed by atoms with Crippen molar-refractivity contribution in [1.82, 2.24) is 9.80 Å². The normalized spacial score (nSPS) is 21.2. The molecule has 0 bridgehead atoms. The second-order valence-electron chi connectivity index (χ2n) is 7.00. The van der Waals surface area contributed by atoms with Crippen LogP contribution in [0.5, 0.6) is 0 Å². The number of carbonyl (C=O) groups is 2.